The van der Waals surface area contributed by atoms with Gasteiger partial charge in [-0.05, 0) is 43.6 Å². The number of nitrogens with one attached hydrogen (secondary N) is 1. The molecule has 1 saturated heterocycles. The number of benzene rings is 1. The smallest absolute Gasteiger partial charge is 0.240 e. The maximum Gasteiger partial charge on any atom is 0.240 e. The van der Waals surface area contributed by atoms with Crippen LogP contribution in [0, 0.1) is 5.92 Å². The van der Waals surface area contributed by atoms with Crippen molar-refractivity contribution in [3.63, 3.8) is 0 Å². The van der Waals surface area contributed by atoms with Gasteiger partial charge in [0.15, 0.2) is 0 Å². The summed E-state index contributed by atoms with van der Waals surface area (Å²) in [4.78, 5) is 2.53. The minimum absolute atomic E-state index is 0.00499. The molecule has 0 amide bonds. The second kappa shape index (κ2) is 6.22. The lowest BCUT2D eigenvalue weighted by Gasteiger charge is -2.34. The van der Waals surface area contributed by atoms with Gasteiger partial charge in [0.1, 0.15) is 0 Å². The van der Waals surface area contributed by atoms with Gasteiger partial charge in [0.25, 0.3) is 0 Å². The van der Waals surface area contributed by atoms with Gasteiger partial charge in [-0.3, -0.25) is 0 Å². The molecule has 1 aromatic carbocycles. The van der Waals surface area contributed by atoms with Gasteiger partial charge in [0, 0.05) is 19.1 Å². The summed E-state index contributed by atoms with van der Waals surface area (Å²) in [6.07, 6.45) is 0.845. The standard InChI is InChI=1S/C14H23N3O2S/c1-11-10-17(2)8-7-14(11)16-20(18,19)13-5-3-12(9-15)4-6-13/h3-6,11,14,16H,7-10,15H2,1-2H3. The molecule has 6 heteroatoms. The van der Waals surface area contributed by atoms with Crippen LogP contribution in [-0.2, 0) is 16.6 Å². The average Bonchev–Trinajstić information content (AvgIpc) is 2.42. The monoisotopic (exact) mass is 297 g/mol. The molecule has 2 unspecified atom stereocenters. The van der Waals surface area contributed by atoms with Crippen molar-refractivity contribution < 1.29 is 8.42 Å². The molecule has 112 valence electrons. The highest BCUT2D eigenvalue weighted by Crippen LogP contribution is 2.19. The van der Waals surface area contributed by atoms with Crippen LogP contribution in [0.1, 0.15) is 18.9 Å². The van der Waals surface area contributed by atoms with Crippen LogP contribution in [0.15, 0.2) is 29.2 Å². The van der Waals surface area contributed by atoms with Crippen molar-refractivity contribution >= 4 is 10.0 Å². The molecule has 1 aliphatic heterocycles. The third kappa shape index (κ3) is 3.58. The second-order valence-corrected chi connectivity index (χ2v) is 7.32. The van der Waals surface area contributed by atoms with Gasteiger partial charge >= 0.3 is 0 Å². The highest BCUT2D eigenvalue weighted by atomic mass is 32.2. The van der Waals surface area contributed by atoms with E-state index in [1.54, 1.807) is 24.3 Å². The van der Waals surface area contributed by atoms with Gasteiger partial charge in [-0.2, -0.15) is 0 Å². The van der Waals surface area contributed by atoms with E-state index in [2.05, 4.69) is 23.6 Å². The molecule has 1 aliphatic rings. The molecular weight excluding hydrogens is 274 g/mol. The molecule has 0 spiro atoms. The van der Waals surface area contributed by atoms with E-state index >= 15 is 0 Å². The Morgan fingerprint density at radius 1 is 1.35 bits per heavy atom. The predicted octanol–water partition coefficient (Wildman–Crippen LogP) is 0.764. The van der Waals surface area contributed by atoms with E-state index in [4.69, 9.17) is 5.73 Å². The number of hydrogen-bond acceptors (Lipinski definition) is 4. The van der Waals surface area contributed by atoms with Gasteiger partial charge in [-0.1, -0.05) is 19.1 Å². The number of likely N-dealkylation sites (tertiary alicyclic amines) is 1. The highest BCUT2D eigenvalue weighted by molar-refractivity contribution is 7.89. The summed E-state index contributed by atoms with van der Waals surface area (Å²) in [5.74, 6) is 0.312. The molecule has 20 heavy (non-hydrogen) atoms. The minimum atomic E-state index is -3.44. The van der Waals surface area contributed by atoms with Crippen molar-refractivity contribution in [3.8, 4) is 0 Å². The predicted molar refractivity (Wildman–Crippen MR) is 79.7 cm³/mol. The lowest BCUT2D eigenvalue weighted by atomic mass is 9.95. The van der Waals surface area contributed by atoms with Crippen molar-refractivity contribution in [2.45, 2.75) is 30.8 Å². The molecule has 0 saturated carbocycles. The maximum atomic E-state index is 12.4. The van der Waals surface area contributed by atoms with Crippen LogP contribution >= 0.6 is 0 Å². The van der Waals surface area contributed by atoms with Crippen LogP contribution in [0.2, 0.25) is 0 Å². The number of sulfonamides is 1. The lowest BCUT2D eigenvalue weighted by Crippen LogP contribution is -2.48. The van der Waals surface area contributed by atoms with E-state index in [-0.39, 0.29) is 6.04 Å². The van der Waals surface area contributed by atoms with Crippen molar-refractivity contribution in [2.75, 3.05) is 20.1 Å². The Labute approximate surface area is 121 Å². The van der Waals surface area contributed by atoms with Crippen molar-refractivity contribution in [1.82, 2.24) is 9.62 Å². The Morgan fingerprint density at radius 3 is 2.55 bits per heavy atom. The summed E-state index contributed by atoms with van der Waals surface area (Å²) < 4.78 is 27.6. The summed E-state index contributed by atoms with van der Waals surface area (Å²) in [6, 6.07) is 6.75. The molecule has 2 atom stereocenters. The van der Waals surface area contributed by atoms with Crippen molar-refractivity contribution in [3.05, 3.63) is 29.8 Å². The molecule has 1 aromatic rings. The van der Waals surface area contributed by atoms with E-state index in [0.29, 0.717) is 17.4 Å². The second-order valence-electron chi connectivity index (χ2n) is 5.60. The molecule has 1 heterocycles. The molecule has 5 nitrogen and oxygen atoms in total. The van der Waals surface area contributed by atoms with Crippen LogP contribution in [-0.4, -0.2) is 39.5 Å². The average molecular weight is 297 g/mol. The zero-order valence-corrected chi connectivity index (χ0v) is 12.9. The molecule has 0 aliphatic carbocycles. The number of hydrogen-bond donors (Lipinski definition) is 2. The van der Waals surface area contributed by atoms with Crippen LogP contribution < -0.4 is 10.5 Å². The first-order chi connectivity index (χ1) is 9.42. The van der Waals surface area contributed by atoms with Crippen LogP contribution in [0.5, 0.6) is 0 Å². The fourth-order valence-corrected chi connectivity index (χ4v) is 3.98. The summed E-state index contributed by atoms with van der Waals surface area (Å²) in [7, 11) is -1.38. The summed E-state index contributed by atoms with van der Waals surface area (Å²) in [5.41, 5.74) is 6.45. The van der Waals surface area contributed by atoms with Crippen LogP contribution in [0.25, 0.3) is 0 Å². The fraction of sp³-hybridized carbons (Fsp3) is 0.571. The molecule has 2 rings (SSSR count). The summed E-state index contributed by atoms with van der Waals surface area (Å²) >= 11 is 0. The molecular formula is C14H23N3O2S. The minimum Gasteiger partial charge on any atom is -0.326 e. The zero-order chi connectivity index (χ0) is 14.8. The Bertz CT molecular complexity index is 542. The highest BCUT2D eigenvalue weighted by Gasteiger charge is 2.28. The quantitative estimate of drug-likeness (QED) is 0.860. The largest absolute Gasteiger partial charge is 0.326 e. The van der Waals surface area contributed by atoms with E-state index in [9.17, 15) is 8.42 Å². The van der Waals surface area contributed by atoms with Gasteiger partial charge in [-0.25, -0.2) is 13.1 Å². The normalized spacial score (nSPS) is 24.8. The Hall–Kier alpha value is -0.950. The summed E-state index contributed by atoms with van der Waals surface area (Å²) in [6.45, 7) is 4.34. The molecule has 0 aromatic heterocycles. The van der Waals surface area contributed by atoms with Gasteiger partial charge in [-0.15, -0.1) is 0 Å². The maximum absolute atomic E-state index is 12.4. The van der Waals surface area contributed by atoms with E-state index in [0.717, 1.165) is 25.1 Å². The molecule has 3 N–H and O–H groups in total. The fourth-order valence-electron chi connectivity index (χ4n) is 2.60. The van der Waals surface area contributed by atoms with Gasteiger partial charge < -0.3 is 10.6 Å². The Morgan fingerprint density at radius 2 is 2.00 bits per heavy atom. The number of nitrogens with two attached hydrogens (primary N) is 1. The molecule has 1 fully saturated rings. The Kier molecular flexibility index (Phi) is 4.80. The van der Waals surface area contributed by atoms with Crippen LogP contribution in [0.3, 0.4) is 0 Å². The topological polar surface area (TPSA) is 75.4 Å². The first kappa shape index (κ1) is 15.4. The number of piperidine rings is 1. The van der Waals surface area contributed by atoms with Crippen molar-refractivity contribution in [2.24, 2.45) is 11.7 Å². The number of rotatable bonds is 4. The first-order valence-corrected chi connectivity index (χ1v) is 8.40. The lowest BCUT2D eigenvalue weighted by molar-refractivity contribution is 0.188. The van der Waals surface area contributed by atoms with Crippen LogP contribution in [0.4, 0.5) is 0 Å². The van der Waals surface area contributed by atoms with Crippen molar-refractivity contribution in [1.29, 1.82) is 0 Å². The first-order valence-electron chi connectivity index (χ1n) is 6.92. The Balaban J connectivity index is 2.10. The van der Waals surface area contributed by atoms with E-state index in [1.807, 2.05) is 0 Å². The zero-order valence-electron chi connectivity index (χ0n) is 12.0. The third-order valence-corrected chi connectivity index (χ3v) is 5.39. The third-order valence-electron chi connectivity index (χ3n) is 3.88. The van der Waals surface area contributed by atoms with Gasteiger partial charge in [0.05, 0.1) is 4.90 Å². The number of nitrogens with zero attached hydrogens (tertiary/aromatic N) is 1. The molecule has 0 bridgehead atoms. The summed E-state index contributed by atoms with van der Waals surface area (Å²) in [5, 5.41) is 0. The molecule has 0 radical (unpaired) electrons. The van der Waals surface area contributed by atoms with E-state index in [1.165, 1.54) is 0 Å². The van der Waals surface area contributed by atoms with E-state index < -0.39 is 10.0 Å². The SMILES string of the molecule is CC1CN(C)CCC1NS(=O)(=O)c1ccc(CN)cc1. The van der Waals surface area contributed by atoms with Gasteiger partial charge in [0.2, 0.25) is 10.0 Å².